The van der Waals surface area contributed by atoms with Crippen LogP contribution in [0.15, 0.2) is 29.0 Å². The molecule has 0 spiro atoms. The van der Waals surface area contributed by atoms with Crippen molar-refractivity contribution in [1.82, 2.24) is 10.3 Å². The quantitative estimate of drug-likeness (QED) is 0.879. The maximum Gasteiger partial charge on any atom is 0.279 e. The first-order valence-corrected chi connectivity index (χ1v) is 5.05. The van der Waals surface area contributed by atoms with Crippen LogP contribution in [0.25, 0.3) is 0 Å². The molecular formula is C11H11N3O4. The standard InChI is InChI=1S/C11H11N3O4/c1-16-7-3-4-10(17-2)8(5-7)13-11(15)9-6-12-18-14-9/h3-6H,1-2H3,(H,13,15). The number of aromatic nitrogens is 2. The Kier molecular flexibility index (Phi) is 3.42. The molecule has 0 saturated heterocycles. The summed E-state index contributed by atoms with van der Waals surface area (Å²) in [4.78, 5) is 11.8. The summed E-state index contributed by atoms with van der Waals surface area (Å²) in [5.74, 6) is 0.674. The van der Waals surface area contributed by atoms with Gasteiger partial charge in [0, 0.05) is 6.07 Å². The first-order chi connectivity index (χ1) is 8.74. The van der Waals surface area contributed by atoms with Crippen LogP contribution in [0.2, 0.25) is 0 Å². The molecule has 0 radical (unpaired) electrons. The number of nitrogens with zero attached hydrogens (tertiary/aromatic N) is 2. The third-order valence-corrected chi connectivity index (χ3v) is 2.25. The van der Waals surface area contributed by atoms with Gasteiger partial charge in [-0.2, -0.15) is 0 Å². The topological polar surface area (TPSA) is 86.5 Å². The highest BCUT2D eigenvalue weighted by Crippen LogP contribution is 2.29. The number of ether oxygens (including phenoxy) is 2. The summed E-state index contributed by atoms with van der Waals surface area (Å²) in [6, 6.07) is 5.06. The molecule has 0 unspecified atom stereocenters. The highest BCUT2D eigenvalue weighted by atomic mass is 16.6. The van der Waals surface area contributed by atoms with E-state index in [1.165, 1.54) is 20.4 Å². The van der Waals surface area contributed by atoms with Gasteiger partial charge in [0.25, 0.3) is 5.91 Å². The van der Waals surface area contributed by atoms with Crippen LogP contribution in [-0.4, -0.2) is 30.4 Å². The summed E-state index contributed by atoms with van der Waals surface area (Å²) in [7, 11) is 3.05. The summed E-state index contributed by atoms with van der Waals surface area (Å²) in [5, 5.41) is 9.43. The average Bonchev–Trinajstić information content (AvgIpc) is 2.92. The lowest BCUT2D eigenvalue weighted by Gasteiger charge is -2.10. The van der Waals surface area contributed by atoms with E-state index in [2.05, 4.69) is 20.3 Å². The molecule has 0 aliphatic rings. The van der Waals surface area contributed by atoms with Crippen molar-refractivity contribution in [1.29, 1.82) is 0 Å². The molecule has 0 aliphatic carbocycles. The minimum absolute atomic E-state index is 0.0832. The molecule has 18 heavy (non-hydrogen) atoms. The second kappa shape index (κ2) is 5.17. The van der Waals surface area contributed by atoms with Crippen molar-refractivity contribution in [3.05, 3.63) is 30.1 Å². The molecule has 7 heteroatoms. The molecular weight excluding hydrogens is 238 g/mol. The first-order valence-electron chi connectivity index (χ1n) is 5.05. The molecule has 2 rings (SSSR count). The van der Waals surface area contributed by atoms with E-state index in [1.807, 2.05) is 0 Å². The summed E-state index contributed by atoms with van der Waals surface area (Å²) in [6.07, 6.45) is 1.22. The maximum absolute atomic E-state index is 11.8. The predicted octanol–water partition coefficient (Wildman–Crippen LogP) is 1.34. The third kappa shape index (κ3) is 2.40. The van der Waals surface area contributed by atoms with E-state index in [1.54, 1.807) is 18.2 Å². The lowest BCUT2D eigenvalue weighted by molar-refractivity contribution is 0.101. The molecule has 94 valence electrons. The SMILES string of the molecule is COc1ccc(OC)c(NC(=O)c2cnon2)c1. The number of nitrogens with one attached hydrogen (secondary N) is 1. The fraction of sp³-hybridized carbons (Fsp3) is 0.182. The monoisotopic (exact) mass is 249 g/mol. The van der Waals surface area contributed by atoms with Crippen molar-refractivity contribution < 1.29 is 18.9 Å². The highest BCUT2D eigenvalue weighted by molar-refractivity contribution is 6.03. The molecule has 1 amide bonds. The maximum atomic E-state index is 11.8. The molecule has 1 aromatic carbocycles. The van der Waals surface area contributed by atoms with E-state index in [9.17, 15) is 4.79 Å². The van der Waals surface area contributed by atoms with Crippen molar-refractivity contribution in [2.24, 2.45) is 0 Å². The molecule has 0 atom stereocenters. The van der Waals surface area contributed by atoms with E-state index in [0.29, 0.717) is 17.2 Å². The smallest absolute Gasteiger partial charge is 0.279 e. The van der Waals surface area contributed by atoms with Crippen LogP contribution in [0, 0.1) is 0 Å². The molecule has 7 nitrogen and oxygen atoms in total. The minimum Gasteiger partial charge on any atom is -0.497 e. The van der Waals surface area contributed by atoms with Gasteiger partial charge >= 0.3 is 0 Å². The number of hydrogen-bond donors (Lipinski definition) is 1. The van der Waals surface area contributed by atoms with Crippen molar-refractivity contribution >= 4 is 11.6 Å². The molecule has 1 heterocycles. The van der Waals surface area contributed by atoms with Gasteiger partial charge in [-0.05, 0) is 17.3 Å². The van der Waals surface area contributed by atoms with Gasteiger partial charge in [0.05, 0.1) is 19.9 Å². The van der Waals surface area contributed by atoms with Crippen LogP contribution in [-0.2, 0) is 0 Å². The second-order valence-corrected chi connectivity index (χ2v) is 3.31. The molecule has 0 fully saturated rings. The van der Waals surface area contributed by atoms with E-state index >= 15 is 0 Å². The van der Waals surface area contributed by atoms with Crippen LogP contribution < -0.4 is 14.8 Å². The zero-order valence-corrected chi connectivity index (χ0v) is 9.84. The Hall–Kier alpha value is -2.57. The molecule has 2 aromatic rings. The summed E-state index contributed by atoms with van der Waals surface area (Å²) in [5.41, 5.74) is 0.560. The fourth-order valence-corrected chi connectivity index (χ4v) is 1.36. The zero-order chi connectivity index (χ0) is 13.0. The Morgan fingerprint density at radius 1 is 1.33 bits per heavy atom. The van der Waals surface area contributed by atoms with Crippen LogP contribution in [0.4, 0.5) is 5.69 Å². The summed E-state index contributed by atoms with van der Waals surface area (Å²) >= 11 is 0. The van der Waals surface area contributed by atoms with Gasteiger partial charge in [0.15, 0.2) is 5.69 Å². The Bertz CT molecular complexity index is 539. The summed E-state index contributed by atoms with van der Waals surface area (Å²) in [6.45, 7) is 0. The number of amides is 1. The van der Waals surface area contributed by atoms with Gasteiger partial charge < -0.3 is 14.8 Å². The van der Waals surface area contributed by atoms with E-state index in [-0.39, 0.29) is 5.69 Å². The zero-order valence-electron chi connectivity index (χ0n) is 9.84. The van der Waals surface area contributed by atoms with Gasteiger partial charge in [0.1, 0.15) is 17.7 Å². The van der Waals surface area contributed by atoms with Crippen LogP contribution in [0.3, 0.4) is 0 Å². The van der Waals surface area contributed by atoms with Gasteiger partial charge in [-0.1, -0.05) is 5.16 Å². The fourth-order valence-electron chi connectivity index (χ4n) is 1.36. The number of carbonyl (C=O) groups is 1. The van der Waals surface area contributed by atoms with Crippen LogP contribution >= 0.6 is 0 Å². The van der Waals surface area contributed by atoms with Gasteiger partial charge in [-0.15, -0.1) is 0 Å². The van der Waals surface area contributed by atoms with Crippen LogP contribution in [0.5, 0.6) is 11.5 Å². The number of carbonyl (C=O) groups excluding carboxylic acids is 1. The lowest BCUT2D eigenvalue weighted by Crippen LogP contribution is -2.13. The summed E-state index contributed by atoms with van der Waals surface area (Å²) < 4.78 is 14.6. The van der Waals surface area contributed by atoms with Crippen molar-refractivity contribution in [2.45, 2.75) is 0 Å². The van der Waals surface area contributed by atoms with Crippen molar-refractivity contribution in [3.8, 4) is 11.5 Å². The van der Waals surface area contributed by atoms with Gasteiger partial charge in [0.2, 0.25) is 0 Å². The molecule has 0 saturated carbocycles. The molecule has 1 aromatic heterocycles. The highest BCUT2D eigenvalue weighted by Gasteiger charge is 2.13. The second-order valence-electron chi connectivity index (χ2n) is 3.31. The number of anilines is 1. The first kappa shape index (κ1) is 11.9. The Morgan fingerprint density at radius 3 is 2.78 bits per heavy atom. The lowest BCUT2D eigenvalue weighted by atomic mass is 10.2. The Balaban J connectivity index is 2.24. The number of methoxy groups -OCH3 is 2. The number of rotatable bonds is 4. The largest absolute Gasteiger partial charge is 0.497 e. The molecule has 0 bridgehead atoms. The Morgan fingerprint density at radius 2 is 2.17 bits per heavy atom. The Labute approximate surface area is 103 Å². The van der Waals surface area contributed by atoms with Crippen LogP contribution in [0.1, 0.15) is 10.5 Å². The molecule has 1 N–H and O–H groups in total. The van der Waals surface area contributed by atoms with Gasteiger partial charge in [-0.25, -0.2) is 4.63 Å². The third-order valence-electron chi connectivity index (χ3n) is 2.25. The van der Waals surface area contributed by atoms with Gasteiger partial charge in [-0.3, -0.25) is 4.79 Å². The minimum atomic E-state index is -0.442. The van der Waals surface area contributed by atoms with E-state index < -0.39 is 5.91 Å². The van der Waals surface area contributed by atoms with Crippen molar-refractivity contribution in [3.63, 3.8) is 0 Å². The van der Waals surface area contributed by atoms with E-state index in [0.717, 1.165) is 0 Å². The average molecular weight is 249 g/mol. The normalized spacial score (nSPS) is 9.89. The number of hydrogen-bond acceptors (Lipinski definition) is 6. The van der Waals surface area contributed by atoms with E-state index in [4.69, 9.17) is 9.47 Å². The predicted molar refractivity (Wildman–Crippen MR) is 61.8 cm³/mol. The van der Waals surface area contributed by atoms with Crippen molar-refractivity contribution in [2.75, 3.05) is 19.5 Å². The number of benzene rings is 1. The molecule has 0 aliphatic heterocycles.